The van der Waals surface area contributed by atoms with Gasteiger partial charge >= 0.3 is 0 Å². The van der Waals surface area contributed by atoms with Gasteiger partial charge < -0.3 is 0 Å². The van der Waals surface area contributed by atoms with Crippen LogP contribution in [0.2, 0.25) is 0 Å². The summed E-state index contributed by atoms with van der Waals surface area (Å²) in [5.74, 6) is 0. The molecule has 0 aliphatic rings. The average Bonchev–Trinajstić information content (AvgIpc) is 1.37. The topological polar surface area (TPSA) is 0 Å². The Hall–Kier alpha value is -0.260. The molecule has 4 heavy (non-hydrogen) atoms. The normalized spacial score (nSPS) is 6.25. The molecule has 0 saturated carbocycles. The Morgan fingerprint density at radius 3 is 2.25 bits per heavy atom. The second-order valence-corrected chi connectivity index (χ2v) is 0.493. The van der Waals surface area contributed by atoms with Crippen LogP contribution in [-0.2, 0) is 0 Å². The molecule has 0 nitrogen and oxygen atoms in total. The number of hydrogen-bond donors (Lipinski definition) is 0. The van der Waals surface area contributed by atoms with E-state index in [1.165, 1.54) is 0 Å². The molecule has 0 aromatic carbocycles. The number of rotatable bonds is 1. The molecule has 22 valence electrons. The van der Waals surface area contributed by atoms with Crippen molar-refractivity contribution in [1.29, 1.82) is 0 Å². The molecule has 0 atom stereocenters. The quantitative estimate of drug-likeness (QED) is 0.422. The van der Waals surface area contributed by atoms with Crippen molar-refractivity contribution in [3.05, 3.63) is 19.1 Å². The third-order valence-electron chi connectivity index (χ3n) is 0.204. The van der Waals surface area contributed by atoms with Crippen LogP contribution in [0.5, 0.6) is 0 Å². The van der Waals surface area contributed by atoms with Gasteiger partial charge in [0.25, 0.3) is 0 Å². The molecular weight excluding hydrogens is 48.0 g/mol. The van der Waals surface area contributed by atoms with Gasteiger partial charge in [-0.2, -0.15) is 0 Å². The van der Waals surface area contributed by atoms with Crippen LogP contribution in [0.4, 0.5) is 0 Å². The van der Waals surface area contributed by atoms with Crippen molar-refractivity contribution in [1.82, 2.24) is 0 Å². The third-order valence-corrected chi connectivity index (χ3v) is 0.204. The minimum atomic E-state index is 1.76. The summed E-state index contributed by atoms with van der Waals surface area (Å²) in [7, 11) is 0. The molecule has 0 amide bonds. The molecule has 0 aliphatic carbocycles. The standard InChI is InChI=1S/C4H6/c1-3-4-2/h4H,1H2,2H3. The fourth-order valence-electron chi connectivity index (χ4n) is 0. The van der Waals surface area contributed by atoms with E-state index in [2.05, 4.69) is 12.7 Å². The fourth-order valence-corrected chi connectivity index (χ4v) is 0. The second-order valence-electron chi connectivity index (χ2n) is 0.493. The maximum atomic E-state index is 3.30. The number of hydrogen-bond acceptors (Lipinski definition) is 0. The largest absolute Gasteiger partial charge is 0.0953 e. The van der Waals surface area contributed by atoms with Crippen LogP contribution in [-0.4, -0.2) is 0 Å². The molecule has 0 saturated heterocycles. The highest BCUT2D eigenvalue weighted by atomic mass is 13.5. The molecule has 0 spiro atoms. The van der Waals surface area contributed by atoms with Gasteiger partial charge in [0.2, 0.25) is 0 Å². The van der Waals surface area contributed by atoms with E-state index in [0.717, 1.165) is 0 Å². The summed E-state index contributed by atoms with van der Waals surface area (Å²) in [5.41, 5.74) is 0. The van der Waals surface area contributed by atoms with Gasteiger partial charge in [0, 0.05) is 0 Å². The van der Waals surface area contributed by atoms with Gasteiger partial charge in [-0.05, 0) is 12.5 Å². The summed E-state index contributed by atoms with van der Waals surface area (Å²) in [6.07, 6.45) is 4.32. The molecule has 2 radical (unpaired) electrons. The van der Waals surface area contributed by atoms with E-state index in [1.807, 2.05) is 6.92 Å². The van der Waals surface area contributed by atoms with E-state index < -0.39 is 0 Å². The first kappa shape index (κ1) is 3.74. The average molecular weight is 54.1 g/mol. The summed E-state index contributed by atoms with van der Waals surface area (Å²) in [6.45, 7) is 5.18. The van der Waals surface area contributed by atoms with Gasteiger partial charge in [-0.1, -0.05) is 13.5 Å². The summed E-state index contributed by atoms with van der Waals surface area (Å²) in [4.78, 5) is 0. The third kappa shape index (κ3) is 1.74. The van der Waals surface area contributed by atoms with Gasteiger partial charge in [0.15, 0.2) is 0 Å². The Bertz CT molecular complexity index is 14.0. The molecule has 0 aromatic rings. The van der Waals surface area contributed by atoms with Crippen LogP contribution in [0.15, 0.2) is 6.58 Å². The molecule has 0 fully saturated rings. The van der Waals surface area contributed by atoms with Crippen LogP contribution < -0.4 is 0 Å². The Labute approximate surface area is 27.1 Å². The summed E-state index contributed by atoms with van der Waals surface area (Å²) >= 11 is 0. The van der Waals surface area contributed by atoms with Crippen molar-refractivity contribution >= 4 is 0 Å². The highest BCUT2D eigenvalue weighted by Gasteiger charge is 1.47. The molecule has 0 heteroatoms. The predicted molar refractivity (Wildman–Crippen MR) is 18.8 cm³/mol. The molecule has 0 heterocycles. The highest BCUT2D eigenvalue weighted by molar-refractivity contribution is 4.69. The van der Waals surface area contributed by atoms with Crippen LogP contribution >= 0.6 is 0 Å². The van der Waals surface area contributed by atoms with Gasteiger partial charge in [-0.25, -0.2) is 0 Å². The molecule has 0 aliphatic heterocycles. The Morgan fingerprint density at radius 1 is 2.00 bits per heavy atom. The minimum absolute atomic E-state index is 1.76. The molecule has 0 N–H and O–H groups in total. The van der Waals surface area contributed by atoms with E-state index in [1.54, 1.807) is 6.42 Å². The van der Waals surface area contributed by atoms with Crippen molar-refractivity contribution in [2.75, 3.05) is 0 Å². The number of allylic oxidation sites excluding steroid dienone is 1. The smallest absolute Gasteiger partial charge is 0.0128 e. The van der Waals surface area contributed by atoms with E-state index in [-0.39, 0.29) is 0 Å². The van der Waals surface area contributed by atoms with Gasteiger partial charge in [-0.3, -0.25) is 0 Å². The SMILES string of the molecule is C=[C][CH]C. The lowest BCUT2D eigenvalue weighted by molar-refractivity contribution is 1.53. The van der Waals surface area contributed by atoms with Crippen molar-refractivity contribution in [2.24, 2.45) is 0 Å². The molecular formula is C4H6. The zero-order valence-corrected chi connectivity index (χ0v) is 2.78. The van der Waals surface area contributed by atoms with Gasteiger partial charge in [0.05, 0.1) is 0 Å². The Morgan fingerprint density at radius 2 is 2.25 bits per heavy atom. The summed E-state index contributed by atoms with van der Waals surface area (Å²) in [6, 6.07) is 0. The Balaban J connectivity index is 2.30. The van der Waals surface area contributed by atoms with Crippen LogP contribution in [0.1, 0.15) is 6.92 Å². The maximum Gasteiger partial charge on any atom is -0.0128 e. The van der Waals surface area contributed by atoms with Crippen LogP contribution in [0.25, 0.3) is 0 Å². The second kappa shape index (κ2) is 2.74. The molecule has 0 unspecified atom stereocenters. The molecule has 0 bridgehead atoms. The minimum Gasteiger partial charge on any atom is -0.0953 e. The maximum absolute atomic E-state index is 3.30. The zero-order chi connectivity index (χ0) is 3.41. The molecule has 0 aromatic heterocycles. The molecule has 0 rings (SSSR count). The van der Waals surface area contributed by atoms with Crippen molar-refractivity contribution in [2.45, 2.75) is 6.92 Å². The highest BCUT2D eigenvalue weighted by Crippen LogP contribution is 1.61. The van der Waals surface area contributed by atoms with Gasteiger partial charge in [-0.15, -0.1) is 0 Å². The lowest BCUT2D eigenvalue weighted by Gasteiger charge is -1.55. The fraction of sp³-hybridized carbons (Fsp3) is 0.250. The first-order valence-electron chi connectivity index (χ1n) is 1.22. The van der Waals surface area contributed by atoms with E-state index in [4.69, 9.17) is 0 Å². The van der Waals surface area contributed by atoms with E-state index in [9.17, 15) is 0 Å². The van der Waals surface area contributed by atoms with Crippen molar-refractivity contribution < 1.29 is 0 Å². The monoisotopic (exact) mass is 54.0 g/mol. The zero-order valence-electron chi connectivity index (χ0n) is 2.78. The summed E-state index contributed by atoms with van der Waals surface area (Å²) < 4.78 is 0. The van der Waals surface area contributed by atoms with E-state index >= 15 is 0 Å². The van der Waals surface area contributed by atoms with Crippen molar-refractivity contribution in [3.63, 3.8) is 0 Å². The van der Waals surface area contributed by atoms with Crippen LogP contribution in [0.3, 0.4) is 0 Å². The first-order chi connectivity index (χ1) is 1.91. The first-order valence-corrected chi connectivity index (χ1v) is 1.22. The van der Waals surface area contributed by atoms with Gasteiger partial charge in [0.1, 0.15) is 0 Å². The van der Waals surface area contributed by atoms with E-state index in [0.29, 0.717) is 0 Å². The lowest BCUT2D eigenvalue weighted by atomic mass is 10.5. The van der Waals surface area contributed by atoms with Crippen molar-refractivity contribution in [3.8, 4) is 0 Å². The van der Waals surface area contributed by atoms with Crippen LogP contribution in [0, 0.1) is 12.5 Å². The Kier molecular flexibility index (Phi) is 2.56. The predicted octanol–water partition coefficient (Wildman–Crippen LogP) is 1.20. The summed E-state index contributed by atoms with van der Waals surface area (Å²) in [5, 5.41) is 0. The lowest BCUT2D eigenvalue weighted by Crippen LogP contribution is -1.41.